The molecule has 0 aliphatic rings. The molecular weight excluding hydrogens is 528 g/mol. The average Bonchev–Trinajstić information content (AvgIpc) is 2.95. The number of ether oxygens (including phenoxy) is 2. The summed E-state index contributed by atoms with van der Waals surface area (Å²) in [5.41, 5.74) is 0. The Morgan fingerprint density at radius 1 is 0.395 bits per heavy atom. The molecule has 0 aliphatic heterocycles. The van der Waals surface area contributed by atoms with Gasteiger partial charge in [0.1, 0.15) is 6.10 Å². The van der Waals surface area contributed by atoms with Crippen LogP contribution in [0.1, 0.15) is 196 Å². The van der Waals surface area contributed by atoms with Crippen LogP contribution in [0.15, 0.2) is 0 Å². The minimum Gasteiger partial charge on any atom is -0.394 e. The molecule has 43 heavy (non-hydrogen) atoms. The van der Waals surface area contributed by atoms with Crippen molar-refractivity contribution in [3.63, 3.8) is 0 Å². The highest BCUT2D eigenvalue weighted by molar-refractivity contribution is 4.62. The number of rotatable bonds is 34. The highest BCUT2D eigenvalue weighted by Gasteiger charge is 2.10. The van der Waals surface area contributed by atoms with Crippen molar-refractivity contribution in [2.75, 3.05) is 26.4 Å². The monoisotopic (exact) mass is 611 g/mol. The van der Waals surface area contributed by atoms with Crippen molar-refractivity contribution in [3.8, 4) is 0 Å². The topological polar surface area (TPSA) is 38.7 Å². The van der Waals surface area contributed by atoms with Gasteiger partial charge in [0.05, 0.1) is 13.2 Å². The summed E-state index contributed by atoms with van der Waals surface area (Å²) in [6.45, 7) is 18.7. The zero-order valence-electron chi connectivity index (χ0n) is 30.8. The fourth-order valence-corrected chi connectivity index (χ4v) is 6.26. The van der Waals surface area contributed by atoms with Crippen LogP contribution in [0.2, 0.25) is 0 Å². The maximum Gasteiger partial charge on any atom is 0.104 e. The number of hydrogen-bond donors (Lipinski definition) is 1. The fourth-order valence-electron chi connectivity index (χ4n) is 6.26. The first-order valence-corrected chi connectivity index (χ1v) is 19.5. The standard InChI is InChI=1S/C40H82O3/c1-35(2)23-18-16-14-12-10-8-9-11-13-15-17-19-31-43-40(33-41)34-42-32-30-39(7)29-22-28-38(6)27-21-26-37(5)25-20-24-36(3)4/h35-41H,8-34H2,1-7H3. The third-order valence-electron chi connectivity index (χ3n) is 9.56. The van der Waals surface area contributed by atoms with Crippen molar-refractivity contribution in [2.24, 2.45) is 29.6 Å². The van der Waals surface area contributed by atoms with Crippen molar-refractivity contribution in [1.82, 2.24) is 0 Å². The second-order valence-electron chi connectivity index (χ2n) is 15.5. The molecule has 0 saturated carbocycles. The van der Waals surface area contributed by atoms with Gasteiger partial charge in [-0.25, -0.2) is 0 Å². The highest BCUT2D eigenvalue weighted by Crippen LogP contribution is 2.23. The third kappa shape index (κ3) is 33.1. The lowest BCUT2D eigenvalue weighted by molar-refractivity contribution is -0.0449. The minimum atomic E-state index is -0.167. The van der Waals surface area contributed by atoms with E-state index in [0.29, 0.717) is 12.5 Å². The van der Waals surface area contributed by atoms with E-state index in [2.05, 4.69) is 48.5 Å². The van der Waals surface area contributed by atoms with Crippen molar-refractivity contribution >= 4 is 0 Å². The van der Waals surface area contributed by atoms with Crippen LogP contribution in [0.4, 0.5) is 0 Å². The van der Waals surface area contributed by atoms with Gasteiger partial charge in [-0.15, -0.1) is 0 Å². The van der Waals surface area contributed by atoms with Gasteiger partial charge in [0, 0.05) is 13.2 Å². The molecule has 260 valence electrons. The van der Waals surface area contributed by atoms with Crippen molar-refractivity contribution in [1.29, 1.82) is 0 Å². The quantitative estimate of drug-likeness (QED) is 0.0737. The summed E-state index contributed by atoms with van der Waals surface area (Å²) < 4.78 is 11.8. The Balaban J connectivity index is 3.53. The summed E-state index contributed by atoms with van der Waals surface area (Å²) in [5.74, 6) is 4.19. The molecular formula is C40H82O3. The highest BCUT2D eigenvalue weighted by atomic mass is 16.5. The zero-order valence-corrected chi connectivity index (χ0v) is 30.8. The maximum absolute atomic E-state index is 9.67. The molecule has 0 spiro atoms. The van der Waals surface area contributed by atoms with E-state index in [1.807, 2.05) is 0 Å². The molecule has 3 nitrogen and oxygen atoms in total. The van der Waals surface area contributed by atoms with Crippen LogP contribution in [0.25, 0.3) is 0 Å². The van der Waals surface area contributed by atoms with Gasteiger partial charge in [-0.05, 0) is 42.4 Å². The molecule has 0 bridgehead atoms. The van der Waals surface area contributed by atoms with Gasteiger partial charge >= 0.3 is 0 Å². The largest absolute Gasteiger partial charge is 0.394 e. The lowest BCUT2D eigenvalue weighted by Gasteiger charge is -2.18. The lowest BCUT2D eigenvalue weighted by Crippen LogP contribution is -2.25. The summed E-state index contributed by atoms with van der Waals surface area (Å²) in [6.07, 6.45) is 31.1. The maximum atomic E-state index is 9.67. The van der Waals surface area contributed by atoms with E-state index in [9.17, 15) is 5.11 Å². The van der Waals surface area contributed by atoms with E-state index < -0.39 is 0 Å². The Morgan fingerprint density at radius 2 is 0.767 bits per heavy atom. The van der Waals surface area contributed by atoms with Crippen LogP contribution in [0, 0.1) is 29.6 Å². The number of aliphatic hydroxyl groups excluding tert-OH is 1. The first kappa shape index (κ1) is 42.9. The smallest absolute Gasteiger partial charge is 0.104 e. The summed E-state index contributed by atoms with van der Waals surface area (Å²) in [7, 11) is 0. The molecule has 0 rings (SSSR count). The Labute approximate surface area is 272 Å². The van der Waals surface area contributed by atoms with E-state index >= 15 is 0 Å². The molecule has 0 amide bonds. The molecule has 4 atom stereocenters. The van der Waals surface area contributed by atoms with Crippen molar-refractivity contribution < 1.29 is 14.6 Å². The van der Waals surface area contributed by atoms with Crippen LogP contribution in [0.5, 0.6) is 0 Å². The first-order valence-electron chi connectivity index (χ1n) is 19.5. The van der Waals surface area contributed by atoms with Gasteiger partial charge < -0.3 is 14.6 Å². The van der Waals surface area contributed by atoms with Gasteiger partial charge in [0.15, 0.2) is 0 Å². The van der Waals surface area contributed by atoms with Crippen LogP contribution in [-0.4, -0.2) is 37.6 Å². The SMILES string of the molecule is CC(C)CCCCCCCCCCCCCCOC(CO)COCCC(C)CCCC(C)CCCC(C)CCCC(C)C. The predicted molar refractivity (Wildman–Crippen MR) is 191 cm³/mol. The van der Waals surface area contributed by atoms with E-state index in [1.165, 1.54) is 135 Å². The molecule has 3 heteroatoms. The van der Waals surface area contributed by atoms with E-state index in [-0.39, 0.29) is 12.7 Å². The van der Waals surface area contributed by atoms with Crippen LogP contribution < -0.4 is 0 Å². The summed E-state index contributed by atoms with van der Waals surface area (Å²) in [6, 6.07) is 0. The molecule has 0 aromatic carbocycles. The van der Waals surface area contributed by atoms with Crippen LogP contribution in [0.3, 0.4) is 0 Å². The average molecular weight is 611 g/mol. The predicted octanol–water partition coefficient (Wildman–Crippen LogP) is 12.6. The summed E-state index contributed by atoms with van der Waals surface area (Å²) in [5, 5.41) is 9.67. The van der Waals surface area contributed by atoms with Gasteiger partial charge in [0.25, 0.3) is 0 Å². The number of aliphatic hydroxyl groups is 1. The van der Waals surface area contributed by atoms with Gasteiger partial charge in [-0.1, -0.05) is 183 Å². The zero-order chi connectivity index (χ0) is 32.0. The molecule has 0 heterocycles. The van der Waals surface area contributed by atoms with E-state index in [0.717, 1.165) is 49.7 Å². The molecule has 0 saturated heterocycles. The Hall–Kier alpha value is -0.120. The molecule has 0 aliphatic carbocycles. The number of hydrogen-bond acceptors (Lipinski definition) is 3. The molecule has 4 unspecified atom stereocenters. The van der Waals surface area contributed by atoms with Gasteiger partial charge in [0.2, 0.25) is 0 Å². The normalized spacial score (nSPS) is 14.9. The minimum absolute atomic E-state index is 0.0574. The van der Waals surface area contributed by atoms with Crippen LogP contribution >= 0.6 is 0 Å². The second kappa shape index (κ2) is 31.8. The van der Waals surface area contributed by atoms with Crippen LogP contribution in [-0.2, 0) is 9.47 Å². The molecule has 1 N–H and O–H groups in total. The van der Waals surface area contributed by atoms with Gasteiger partial charge in [-0.2, -0.15) is 0 Å². The number of unbranched alkanes of at least 4 members (excludes halogenated alkanes) is 11. The van der Waals surface area contributed by atoms with E-state index in [4.69, 9.17) is 9.47 Å². The Bertz CT molecular complexity index is 534. The Kier molecular flexibility index (Phi) is 31.8. The summed E-state index contributed by atoms with van der Waals surface area (Å²) in [4.78, 5) is 0. The lowest BCUT2D eigenvalue weighted by atomic mass is 9.91. The molecule has 0 aromatic rings. The van der Waals surface area contributed by atoms with E-state index in [1.54, 1.807) is 0 Å². The van der Waals surface area contributed by atoms with Crippen molar-refractivity contribution in [2.45, 2.75) is 202 Å². The molecule has 0 radical (unpaired) electrons. The first-order chi connectivity index (χ1) is 20.7. The second-order valence-corrected chi connectivity index (χ2v) is 15.5. The molecule has 0 aromatic heterocycles. The Morgan fingerprint density at radius 3 is 1.21 bits per heavy atom. The van der Waals surface area contributed by atoms with Crippen molar-refractivity contribution in [3.05, 3.63) is 0 Å². The van der Waals surface area contributed by atoms with Gasteiger partial charge in [-0.3, -0.25) is 0 Å². The molecule has 0 fully saturated rings. The fraction of sp³-hybridized carbons (Fsp3) is 1.00. The summed E-state index contributed by atoms with van der Waals surface area (Å²) >= 11 is 0. The third-order valence-corrected chi connectivity index (χ3v) is 9.56.